The molecule has 0 saturated heterocycles. The predicted molar refractivity (Wildman–Crippen MR) is 128 cm³/mol. The Kier molecular flexibility index (Phi) is 6.00. The third-order valence-corrected chi connectivity index (χ3v) is 5.64. The number of methoxy groups -OCH3 is 1. The molecule has 2 heterocycles. The normalized spacial score (nSPS) is 11.2. The van der Waals surface area contributed by atoms with Crippen LogP contribution in [-0.2, 0) is 11.3 Å². The van der Waals surface area contributed by atoms with Crippen molar-refractivity contribution in [1.82, 2.24) is 19.6 Å². The molecule has 0 aliphatic rings. The first-order valence-corrected chi connectivity index (χ1v) is 10.8. The van der Waals surface area contributed by atoms with Gasteiger partial charge in [-0.05, 0) is 55.2 Å². The molecule has 0 saturated carbocycles. The van der Waals surface area contributed by atoms with Crippen LogP contribution in [0.15, 0.2) is 53.5 Å². The number of rotatable bonds is 6. The van der Waals surface area contributed by atoms with E-state index in [-0.39, 0.29) is 23.9 Å². The summed E-state index contributed by atoms with van der Waals surface area (Å²) in [6.45, 7) is 7.84. The number of ether oxygens (including phenoxy) is 1. The molecule has 170 valence electrons. The number of anilines is 1. The van der Waals surface area contributed by atoms with Crippen molar-refractivity contribution in [2.75, 3.05) is 12.4 Å². The topological polar surface area (TPSA) is 91.0 Å². The lowest BCUT2D eigenvalue weighted by atomic mass is 10.1. The van der Waals surface area contributed by atoms with E-state index >= 15 is 0 Å². The first kappa shape index (κ1) is 22.3. The molecule has 0 fully saturated rings. The summed E-state index contributed by atoms with van der Waals surface area (Å²) in [5.74, 6) is 0.311. The van der Waals surface area contributed by atoms with Crippen LogP contribution in [0.3, 0.4) is 0 Å². The highest BCUT2D eigenvalue weighted by atomic mass is 16.5. The summed E-state index contributed by atoms with van der Waals surface area (Å²) in [4.78, 5) is 26.2. The van der Waals surface area contributed by atoms with Gasteiger partial charge >= 0.3 is 0 Å². The standard InChI is InChI=1S/C25H27N5O3/c1-15(2)23-21-13-26-30(19-10-9-16(3)17(4)11-19)24(21)25(32)29(28-23)14-22(31)27-18-7-6-8-20(12-18)33-5/h6-13,15H,14H2,1-5H3,(H,27,31). The van der Waals surface area contributed by atoms with Gasteiger partial charge in [-0.3, -0.25) is 9.59 Å². The minimum atomic E-state index is -0.370. The van der Waals surface area contributed by atoms with E-state index in [1.165, 1.54) is 4.68 Å². The lowest BCUT2D eigenvalue weighted by molar-refractivity contribution is -0.117. The van der Waals surface area contributed by atoms with Gasteiger partial charge in [-0.2, -0.15) is 10.2 Å². The van der Waals surface area contributed by atoms with E-state index < -0.39 is 0 Å². The van der Waals surface area contributed by atoms with Gasteiger partial charge in [0.1, 0.15) is 17.8 Å². The fourth-order valence-corrected chi connectivity index (χ4v) is 3.72. The van der Waals surface area contributed by atoms with Crippen LogP contribution in [0.2, 0.25) is 0 Å². The predicted octanol–water partition coefficient (Wildman–Crippen LogP) is 3.97. The van der Waals surface area contributed by atoms with E-state index in [0.717, 1.165) is 16.8 Å². The van der Waals surface area contributed by atoms with Crippen LogP contribution >= 0.6 is 0 Å². The second-order valence-corrected chi connectivity index (χ2v) is 8.37. The van der Waals surface area contributed by atoms with Gasteiger partial charge in [0.15, 0.2) is 0 Å². The van der Waals surface area contributed by atoms with Crippen LogP contribution in [0.25, 0.3) is 16.6 Å². The Morgan fingerprint density at radius 2 is 1.91 bits per heavy atom. The molecule has 0 aliphatic carbocycles. The maximum atomic E-state index is 13.4. The number of nitrogens with zero attached hydrogens (tertiary/aromatic N) is 4. The highest BCUT2D eigenvalue weighted by Crippen LogP contribution is 2.24. The average Bonchev–Trinajstić information content (AvgIpc) is 3.23. The summed E-state index contributed by atoms with van der Waals surface area (Å²) in [7, 11) is 1.56. The van der Waals surface area contributed by atoms with E-state index in [1.807, 2.05) is 45.9 Å². The minimum Gasteiger partial charge on any atom is -0.497 e. The fourth-order valence-electron chi connectivity index (χ4n) is 3.72. The zero-order chi connectivity index (χ0) is 23.7. The van der Waals surface area contributed by atoms with Crippen LogP contribution < -0.4 is 15.6 Å². The fraction of sp³-hybridized carbons (Fsp3) is 0.280. The van der Waals surface area contributed by atoms with Gasteiger partial charge in [0.05, 0.1) is 24.7 Å². The third kappa shape index (κ3) is 4.37. The van der Waals surface area contributed by atoms with Gasteiger partial charge in [-0.15, -0.1) is 0 Å². The molecule has 8 heteroatoms. The monoisotopic (exact) mass is 445 g/mol. The van der Waals surface area contributed by atoms with Crippen LogP contribution in [0, 0.1) is 13.8 Å². The Hall–Kier alpha value is -3.94. The van der Waals surface area contributed by atoms with Crippen LogP contribution in [0.1, 0.15) is 36.6 Å². The number of amides is 1. The maximum Gasteiger partial charge on any atom is 0.293 e. The molecular formula is C25H27N5O3. The molecule has 0 aliphatic heterocycles. The summed E-state index contributed by atoms with van der Waals surface area (Å²) in [6.07, 6.45) is 1.68. The summed E-state index contributed by atoms with van der Waals surface area (Å²) in [5.41, 5.74) is 4.39. The van der Waals surface area contributed by atoms with Gasteiger partial charge in [0, 0.05) is 17.1 Å². The third-order valence-electron chi connectivity index (χ3n) is 5.64. The van der Waals surface area contributed by atoms with E-state index in [2.05, 4.69) is 15.5 Å². The van der Waals surface area contributed by atoms with Gasteiger partial charge in [0.25, 0.3) is 5.56 Å². The average molecular weight is 446 g/mol. The number of carbonyl (C=O) groups excluding carboxylic acids is 1. The number of aryl methyl sites for hydroxylation is 2. The van der Waals surface area contributed by atoms with Crippen molar-refractivity contribution < 1.29 is 9.53 Å². The number of hydrogen-bond donors (Lipinski definition) is 1. The zero-order valence-corrected chi connectivity index (χ0v) is 19.4. The molecule has 4 rings (SSSR count). The maximum absolute atomic E-state index is 13.4. The summed E-state index contributed by atoms with van der Waals surface area (Å²) in [5, 5.41) is 12.5. The highest BCUT2D eigenvalue weighted by Gasteiger charge is 2.20. The first-order chi connectivity index (χ1) is 15.8. The van der Waals surface area contributed by atoms with Gasteiger partial charge in [0.2, 0.25) is 5.91 Å². The molecule has 1 amide bonds. The van der Waals surface area contributed by atoms with Crippen molar-refractivity contribution in [3.05, 3.63) is 75.8 Å². The number of aromatic nitrogens is 4. The number of carbonyl (C=O) groups is 1. The van der Waals surface area contributed by atoms with Crippen LogP contribution in [0.5, 0.6) is 5.75 Å². The molecule has 0 unspecified atom stereocenters. The smallest absolute Gasteiger partial charge is 0.293 e. The molecule has 2 aromatic heterocycles. The summed E-state index contributed by atoms with van der Waals surface area (Å²) >= 11 is 0. The molecule has 2 aromatic carbocycles. The highest BCUT2D eigenvalue weighted by molar-refractivity contribution is 5.91. The quantitative estimate of drug-likeness (QED) is 0.485. The Morgan fingerprint density at radius 1 is 1.12 bits per heavy atom. The number of fused-ring (bicyclic) bond motifs is 1. The Bertz CT molecular complexity index is 1400. The van der Waals surface area contributed by atoms with Gasteiger partial charge in [-0.1, -0.05) is 26.0 Å². The van der Waals surface area contributed by atoms with Crippen molar-refractivity contribution >= 4 is 22.5 Å². The largest absolute Gasteiger partial charge is 0.497 e. The Morgan fingerprint density at radius 3 is 2.61 bits per heavy atom. The number of nitrogens with one attached hydrogen (secondary N) is 1. The second kappa shape index (κ2) is 8.90. The van der Waals surface area contributed by atoms with Crippen LogP contribution in [-0.4, -0.2) is 32.6 Å². The summed E-state index contributed by atoms with van der Waals surface area (Å²) in [6, 6.07) is 13.0. The van der Waals surface area contributed by atoms with Crippen LogP contribution in [0.4, 0.5) is 5.69 Å². The lowest BCUT2D eigenvalue weighted by Gasteiger charge is -2.13. The van der Waals surface area contributed by atoms with Crippen molar-refractivity contribution in [1.29, 1.82) is 0 Å². The lowest BCUT2D eigenvalue weighted by Crippen LogP contribution is -2.31. The molecule has 0 bridgehead atoms. The number of benzene rings is 2. The van der Waals surface area contributed by atoms with E-state index in [1.54, 1.807) is 42.3 Å². The van der Waals surface area contributed by atoms with Gasteiger partial charge in [-0.25, -0.2) is 9.36 Å². The SMILES string of the molecule is COc1cccc(NC(=O)Cn2nc(C(C)C)c3cnn(-c4ccc(C)c(C)c4)c3c2=O)c1. The minimum absolute atomic E-state index is 0.0400. The van der Waals surface area contributed by atoms with Gasteiger partial charge < -0.3 is 10.1 Å². The van der Waals surface area contributed by atoms with E-state index in [0.29, 0.717) is 28.0 Å². The second-order valence-electron chi connectivity index (χ2n) is 8.37. The Labute approximate surface area is 191 Å². The molecule has 8 nitrogen and oxygen atoms in total. The van der Waals surface area contributed by atoms with Crippen molar-refractivity contribution in [3.8, 4) is 11.4 Å². The molecule has 4 aromatic rings. The van der Waals surface area contributed by atoms with Crippen molar-refractivity contribution in [3.63, 3.8) is 0 Å². The molecule has 0 radical (unpaired) electrons. The molecular weight excluding hydrogens is 418 g/mol. The zero-order valence-electron chi connectivity index (χ0n) is 19.4. The molecule has 1 N–H and O–H groups in total. The molecule has 0 atom stereocenters. The molecule has 0 spiro atoms. The first-order valence-electron chi connectivity index (χ1n) is 10.8. The van der Waals surface area contributed by atoms with Crippen molar-refractivity contribution in [2.45, 2.75) is 40.2 Å². The summed E-state index contributed by atoms with van der Waals surface area (Å²) < 4.78 is 8.05. The van der Waals surface area contributed by atoms with E-state index in [4.69, 9.17) is 4.74 Å². The Balaban J connectivity index is 1.76. The number of hydrogen-bond acceptors (Lipinski definition) is 5. The van der Waals surface area contributed by atoms with E-state index in [9.17, 15) is 9.59 Å². The van der Waals surface area contributed by atoms with Crippen molar-refractivity contribution in [2.24, 2.45) is 0 Å². The molecule has 33 heavy (non-hydrogen) atoms.